The van der Waals surface area contributed by atoms with Crippen molar-refractivity contribution in [2.75, 3.05) is 0 Å². The molecule has 21 heavy (non-hydrogen) atoms. The van der Waals surface area contributed by atoms with Gasteiger partial charge < -0.3 is 0 Å². The van der Waals surface area contributed by atoms with Gasteiger partial charge in [-0.3, -0.25) is 29.8 Å². The molecule has 2 saturated carbocycles. The Balaban J connectivity index is 1.66. The zero-order valence-corrected chi connectivity index (χ0v) is 11.3. The van der Waals surface area contributed by atoms with Gasteiger partial charge in [0.1, 0.15) is 0 Å². The largest absolute Gasteiger partial charge is 0.296 e. The Morgan fingerprint density at radius 3 is 1.90 bits per heavy atom. The second-order valence-electron chi connectivity index (χ2n) is 6.98. The molecule has 6 nitrogen and oxygen atoms in total. The molecule has 8 unspecified atom stereocenters. The van der Waals surface area contributed by atoms with Gasteiger partial charge in [-0.05, 0) is 30.6 Å². The molecule has 6 heteroatoms. The van der Waals surface area contributed by atoms with Crippen molar-refractivity contribution in [3.05, 3.63) is 11.6 Å². The molecule has 2 N–H and O–H groups in total. The Kier molecular flexibility index (Phi) is 1.81. The van der Waals surface area contributed by atoms with E-state index in [2.05, 4.69) is 16.7 Å². The molecule has 2 heterocycles. The van der Waals surface area contributed by atoms with Crippen LogP contribution in [0.1, 0.15) is 6.92 Å². The first-order valence-corrected chi connectivity index (χ1v) is 7.38. The number of nitrogens with one attached hydrogen (secondary N) is 2. The summed E-state index contributed by atoms with van der Waals surface area (Å²) in [6, 6.07) is 0. The lowest BCUT2D eigenvalue weighted by Gasteiger charge is -2.61. The number of imide groups is 2. The monoisotopic (exact) mass is 286 g/mol. The maximum absolute atomic E-state index is 12.1. The number of allylic oxidation sites excluding steroid dienone is 2. The van der Waals surface area contributed by atoms with Crippen LogP contribution in [0.25, 0.3) is 0 Å². The van der Waals surface area contributed by atoms with Crippen LogP contribution in [0, 0.1) is 47.3 Å². The van der Waals surface area contributed by atoms with Gasteiger partial charge in [0, 0.05) is 0 Å². The van der Waals surface area contributed by atoms with Crippen LogP contribution in [0.15, 0.2) is 11.6 Å². The molecule has 8 atom stereocenters. The topological polar surface area (TPSA) is 92.3 Å². The molecule has 2 bridgehead atoms. The van der Waals surface area contributed by atoms with E-state index >= 15 is 0 Å². The predicted molar refractivity (Wildman–Crippen MR) is 68.0 cm³/mol. The first-order valence-electron chi connectivity index (χ1n) is 7.38. The predicted octanol–water partition coefficient (Wildman–Crippen LogP) is -0.784. The third-order valence-corrected chi connectivity index (χ3v) is 6.39. The van der Waals surface area contributed by atoms with Crippen LogP contribution in [0.5, 0.6) is 0 Å². The molecule has 2 saturated heterocycles. The van der Waals surface area contributed by atoms with Crippen molar-refractivity contribution in [1.29, 1.82) is 0 Å². The van der Waals surface area contributed by atoms with Crippen LogP contribution in [-0.2, 0) is 19.2 Å². The average Bonchev–Trinajstić information content (AvgIpc) is 2.79. The number of carbonyl (C=O) groups excluding carboxylic acids is 4. The van der Waals surface area contributed by atoms with Crippen molar-refractivity contribution >= 4 is 23.6 Å². The molecule has 0 aromatic carbocycles. The van der Waals surface area contributed by atoms with Gasteiger partial charge in [0.2, 0.25) is 23.6 Å². The summed E-state index contributed by atoms with van der Waals surface area (Å²) in [5.74, 6) is -2.22. The van der Waals surface area contributed by atoms with Gasteiger partial charge >= 0.3 is 0 Å². The van der Waals surface area contributed by atoms with Crippen molar-refractivity contribution in [3.63, 3.8) is 0 Å². The Morgan fingerprint density at radius 1 is 0.714 bits per heavy atom. The highest BCUT2D eigenvalue weighted by Crippen LogP contribution is 2.67. The lowest BCUT2D eigenvalue weighted by Crippen LogP contribution is -2.64. The first-order chi connectivity index (χ1) is 10.0. The summed E-state index contributed by atoms with van der Waals surface area (Å²) >= 11 is 0. The Bertz CT molecular complexity index is 681. The van der Waals surface area contributed by atoms with E-state index < -0.39 is 0 Å². The maximum Gasteiger partial charge on any atom is 0.231 e. The SMILES string of the molecule is CC1=CC2C3C(=O)NC(=O)C3C1C1C3C(=O)NC(=O)C3C21. The van der Waals surface area contributed by atoms with Crippen molar-refractivity contribution in [1.82, 2.24) is 10.6 Å². The van der Waals surface area contributed by atoms with Crippen LogP contribution in [-0.4, -0.2) is 23.6 Å². The van der Waals surface area contributed by atoms with E-state index in [1.807, 2.05) is 6.92 Å². The van der Waals surface area contributed by atoms with Crippen molar-refractivity contribution in [3.8, 4) is 0 Å². The number of carbonyl (C=O) groups is 4. The molecule has 108 valence electrons. The summed E-state index contributed by atoms with van der Waals surface area (Å²) in [6.07, 6.45) is 2.07. The number of hydrogen-bond acceptors (Lipinski definition) is 4. The van der Waals surface area contributed by atoms with E-state index in [9.17, 15) is 19.2 Å². The number of hydrogen-bond donors (Lipinski definition) is 2. The van der Waals surface area contributed by atoms with Crippen molar-refractivity contribution in [2.45, 2.75) is 6.92 Å². The van der Waals surface area contributed by atoms with Gasteiger partial charge in [-0.2, -0.15) is 0 Å². The van der Waals surface area contributed by atoms with E-state index in [-0.39, 0.29) is 71.0 Å². The summed E-state index contributed by atoms with van der Waals surface area (Å²) < 4.78 is 0. The highest BCUT2D eigenvalue weighted by atomic mass is 16.2. The number of rotatable bonds is 0. The highest BCUT2D eigenvalue weighted by Gasteiger charge is 2.73. The third-order valence-electron chi connectivity index (χ3n) is 6.39. The molecule has 4 amide bonds. The molecule has 4 fully saturated rings. The van der Waals surface area contributed by atoms with Crippen molar-refractivity contribution in [2.24, 2.45) is 47.3 Å². The van der Waals surface area contributed by atoms with Crippen molar-refractivity contribution < 1.29 is 19.2 Å². The Morgan fingerprint density at radius 2 is 1.24 bits per heavy atom. The molecule has 0 radical (unpaired) electrons. The minimum atomic E-state index is -0.350. The summed E-state index contributed by atoms with van der Waals surface area (Å²) in [4.78, 5) is 48.2. The highest BCUT2D eigenvalue weighted by molar-refractivity contribution is 6.09. The van der Waals surface area contributed by atoms with Crippen LogP contribution in [0.3, 0.4) is 0 Å². The minimum absolute atomic E-state index is 0.0352. The van der Waals surface area contributed by atoms with Gasteiger partial charge in [0.25, 0.3) is 0 Å². The van der Waals surface area contributed by atoms with Crippen LogP contribution in [0.2, 0.25) is 0 Å². The van der Waals surface area contributed by atoms with Gasteiger partial charge in [0.15, 0.2) is 0 Å². The van der Waals surface area contributed by atoms with Crippen LogP contribution < -0.4 is 10.6 Å². The lowest BCUT2D eigenvalue weighted by molar-refractivity contribution is -0.168. The average molecular weight is 286 g/mol. The molecule has 0 aromatic heterocycles. The zero-order chi connectivity index (χ0) is 14.6. The summed E-state index contributed by atoms with van der Waals surface area (Å²) in [6.45, 7) is 1.97. The summed E-state index contributed by atoms with van der Waals surface area (Å²) in [7, 11) is 0. The molecule has 0 aromatic rings. The summed E-state index contributed by atoms with van der Waals surface area (Å²) in [5.41, 5.74) is 1.10. The minimum Gasteiger partial charge on any atom is -0.296 e. The zero-order valence-electron chi connectivity index (χ0n) is 11.3. The second kappa shape index (κ2) is 3.26. The van der Waals surface area contributed by atoms with Crippen LogP contribution >= 0.6 is 0 Å². The normalized spacial score (nSPS) is 52.5. The number of amides is 4. The fourth-order valence-corrected chi connectivity index (χ4v) is 5.84. The van der Waals surface area contributed by atoms with E-state index in [1.54, 1.807) is 0 Å². The first kappa shape index (κ1) is 11.7. The standard InChI is InChI=1S/C15H14N2O4/c1-3-2-4-6-8(11-10(6)14(20)17-15(11)21)5(3)9-7(4)12(18)16-13(9)19/h2,4-11H,1H3,(H,16,18,19)(H,17,20,21). The molecule has 6 rings (SSSR count). The maximum atomic E-state index is 12.1. The second-order valence-corrected chi connectivity index (χ2v) is 6.98. The molecule has 6 aliphatic rings. The smallest absolute Gasteiger partial charge is 0.231 e. The van der Waals surface area contributed by atoms with E-state index in [1.165, 1.54) is 0 Å². The van der Waals surface area contributed by atoms with E-state index in [0.29, 0.717) is 0 Å². The van der Waals surface area contributed by atoms with Gasteiger partial charge in [-0.25, -0.2) is 0 Å². The Hall–Kier alpha value is -1.98. The van der Waals surface area contributed by atoms with Gasteiger partial charge in [0.05, 0.1) is 23.7 Å². The molecular weight excluding hydrogens is 272 g/mol. The molecular formula is C15H14N2O4. The van der Waals surface area contributed by atoms with Gasteiger partial charge in [-0.15, -0.1) is 0 Å². The fourth-order valence-electron chi connectivity index (χ4n) is 5.84. The third kappa shape index (κ3) is 1.06. The quantitative estimate of drug-likeness (QED) is 0.451. The fraction of sp³-hybridized carbons (Fsp3) is 0.600. The number of fused-ring (bicyclic) bond motifs is 1. The van der Waals surface area contributed by atoms with Crippen LogP contribution in [0.4, 0.5) is 0 Å². The molecule has 4 aliphatic carbocycles. The Labute approximate surface area is 120 Å². The molecule has 0 spiro atoms. The summed E-state index contributed by atoms with van der Waals surface area (Å²) in [5, 5.41) is 4.86. The molecule has 2 aliphatic heterocycles. The lowest BCUT2D eigenvalue weighted by atomic mass is 9.39. The van der Waals surface area contributed by atoms with E-state index in [0.717, 1.165) is 5.57 Å². The van der Waals surface area contributed by atoms with Gasteiger partial charge in [-0.1, -0.05) is 11.6 Å². The van der Waals surface area contributed by atoms with E-state index in [4.69, 9.17) is 0 Å².